The van der Waals surface area contributed by atoms with Crippen LogP contribution in [0.1, 0.15) is 30.2 Å². The second-order valence-corrected chi connectivity index (χ2v) is 7.21. The second kappa shape index (κ2) is 7.19. The maximum Gasteiger partial charge on any atom is 0.165 e. The molecule has 2 aliphatic rings. The highest BCUT2D eigenvalue weighted by atomic mass is 19.1. The van der Waals surface area contributed by atoms with Crippen LogP contribution in [-0.2, 0) is 19.4 Å². The molecule has 2 aromatic rings. The van der Waals surface area contributed by atoms with Gasteiger partial charge in [0.05, 0.1) is 7.11 Å². The Kier molecular flexibility index (Phi) is 4.76. The SMILES string of the molecule is COc1ccc(CN2CCN(c3ncnc4c3CCC4)CC2C)cc1F. The van der Waals surface area contributed by atoms with Gasteiger partial charge in [-0.3, -0.25) is 4.90 Å². The fraction of sp³-hybridized carbons (Fsp3) is 0.500. The maximum atomic E-state index is 13.9. The number of fused-ring (bicyclic) bond motifs is 1. The third-order valence-corrected chi connectivity index (χ3v) is 5.52. The number of anilines is 1. The van der Waals surface area contributed by atoms with Crippen LogP contribution in [0.5, 0.6) is 5.75 Å². The Bertz CT molecular complexity index is 797. The molecule has 1 aliphatic carbocycles. The highest BCUT2D eigenvalue weighted by Crippen LogP contribution is 2.29. The molecule has 26 heavy (non-hydrogen) atoms. The van der Waals surface area contributed by atoms with Gasteiger partial charge in [0, 0.05) is 43.5 Å². The minimum Gasteiger partial charge on any atom is -0.494 e. The summed E-state index contributed by atoms with van der Waals surface area (Å²) in [5.41, 5.74) is 3.54. The summed E-state index contributed by atoms with van der Waals surface area (Å²) in [5, 5.41) is 0. The van der Waals surface area contributed by atoms with Crippen molar-refractivity contribution in [2.45, 2.75) is 38.8 Å². The van der Waals surface area contributed by atoms with Gasteiger partial charge in [-0.05, 0) is 43.9 Å². The standard InChI is InChI=1S/C20H25FN4O/c1-14-11-25(20-16-4-3-5-18(16)22-13-23-20)9-8-24(14)12-15-6-7-19(26-2)17(21)10-15/h6-7,10,13-14H,3-5,8-9,11-12H2,1-2H3. The number of hydrogen-bond acceptors (Lipinski definition) is 5. The average Bonchev–Trinajstić information content (AvgIpc) is 3.12. The van der Waals surface area contributed by atoms with Gasteiger partial charge in [-0.15, -0.1) is 0 Å². The van der Waals surface area contributed by atoms with E-state index in [0.29, 0.717) is 11.8 Å². The van der Waals surface area contributed by atoms with E-state index in [4.69, 9.17) is 4.74 Å². The summed E-state index contributed by atoms with van der Waals surface area (Å²) in [6.45, 7) is 5.79. The van der Waals surface area contributed by atoms with Crippen LogP contribution in [0.2, 0.25) is 0 Å². The number of halogens is 1. The van der Waals surface area contributed by atoms with Crippen LogP contribution in [-0.4, -0.2) is 47.7 Å². The van der Waals surface area contributed by atoms with Gasteiger partial charge in [0.1, 0.15) is 12.1 Å². The van der Waals surface area contributed by atoms with Crippen molar-refractivity contribution < 1.29 is 9.13 Å². The predicted octanol–water partition coefficient (Wildman–Crippen LogP) is 2.82. The number of benzene rings is 1. The fourth-order valence-electron chi connectivity index (χ4n) is 4.08. The van der Waals surface area contributed by atoms with Crippen LogP contribution < -0.4 is 9.64 Å². The smallest absolute Gasteiger partial charge is 0.165 e. The van der Waals surface area contributed by atoms with Crippen LogP contribution >= 0.6 is 0 Å². The van der Waals surface area contributed by atoms with Crippen molar-refractivity contribution in [1.82, 2.24) is 14.9 Å². The first-order valence-electron chi connectivity index (χ1n) is 9.30. The molecule has 1 aliphatic heterocycles. The summed E-state index contributed by atoms with van der Waals surface area (Å²) in [7, 11) is 1.49. The third-order valence-electron chi connectivity index (χ3n) is 5.52. The van der Waals surface area contributed by atoms with Crippen molar-refractivity contribution in [3.8, 4) is 5.75 Å². The molecule has 0 amide bonds. The van der Waals surface area contributed by atoms with Crippen molar-refractivity contribution in [1.29, 1.82) is 0 Å². The number of aromatic nitrogens is 2. The zero-order valence-corrected chi connectivity index (χ0v) is 15.4. The lowest BCUT2D eigenvalue weighted by Gasteiger charge is -2.41. The minimum absolute atomic E-state index is 0.296. The van der Waals surface area contributed by atoms with Crippen LogP contribution in [0.25, 0.3) is 0 Å². The summed E-state index contributed by atoms with van der Waals surface area (Å²) in [6, 6.07) is 5.60. The Hall–Kier alpha value is -2.21. The number of rotatable bonds is 4. The number of piperazine rings is 1. The molecule has 0 N–H and O–H groups in total. The molecule has 5 nitrogen and oxygen atoms in total. The van der Waals surface area contributed by atoms with Gasteiger partial charge in [-0.1, -0.05) is 6.07 Å². The highest BCUT2D eigenvalue weighted by molar-refractivity contribution is 5.51. The van der Waals surface area contributed by atoms with Gasteiger partial charge >= 0.3 is 0 Å². The van der Waals surface area contributed by atoms with Crippen molar-refractivity contribution in [3.63, 3.8) is 0 Å². The maximum absolute atomic E-state index is 13.9. The highest BCUT2D eigenvalue weighted by Gasteiger charge is 2.28. The Morgan fingerprint density at radius 3 is 2.88 bits per heavy atom. The molecule has 0 bridgehead atoms. The molecular formula is C20H25FN4O. The lowest BCUT2D eigenvalue weighted by Crippen LogP contribution is -2.52. The lowest BCUT2D eigenvalue weighted by atomic mass is 10.1. The average molecular weight is 356 g/mol. The lowest BCUT2D eigenvalue weighted by molar-refractivity contribution is 0.180. The molecule has 0 spiro atoms. The summed E-state index contributed by atoms with van der Waals surface area (Å²) >= 11 is 0. The fourth-order valence-corrected chi connectivity index (χ4v) is 4.08. The molecule has 138 valence electrons. The van der Waals surface area contributed by atoms with Crippen molar-refractivity contribution in [2.75, 3.05) is 31.6 Å². The van der Waals surface area contributed by atoms with E-state index in [1.807, 2.05) is 6.07 Å². The van der Waals surface area contributed by atoms with Gasteiger partial charge in [-0.2, -0.15) is 0 Å². The van der Waals surface area contributed by atoms with Gasteiger partial charge in [0.15, 0.2) is 11.6 Å². The van der Waals surface area contributed by atoms with E-state index in [9.17, 15) is 4.39 Å². The zero-order chi connectivity index (χ0) is 18.1. The molecule has 1 atom stereocenters. The molecule has 0 saturated carbocycles. The van der Waals surface area contributed by atoms with Crippen molar-refractivity contribution in [2.24, 2.45) is 0 Å². The number of methoxy groups -OCH3 is 1. The Morgan fingerprint density at radius 2 is 2.12 bits per heavy atom. The second-order valence-electron chi connectivity index (χ2n) is 7.21. The molecule has 6 heteroatoms. The van der Waals surface area contributed by atoms with Gasteiger partial charge in [0.2, 0.25) is 0 Å². The van der Waals surface area contributed by atoms with Crippen LogP contribution in [0.3, 0.4) is 0 Å². The molecule has 0 radical (unpaired) electrons. The Morgan fingerprint density at radius 1 is 1.23 bits per heavy atom. The summed E-state index contributed by atoms with van der Waals surface area (Å²) in [5.74, 6) is 1.12. The minimum atomic E-state index is -0.298. The molecule has 1 aromatic heterocycles. The molecule has 1 aromatic carbocycles. The first kappa shape index (κ1) is 17.2. The zero-order valence-electron chi connectivity index (χ0n) is 15.4. The van der Waals surface area contributed by atoms with E-state index >= 15 is 0 Å². The number of hydrogen-bond donors (Lipinski definition) is 0. The normalized spacial score (nSPS) is 20.3. The van der Waals surface area contributed by atoms with Crippen LogP contribution in [0.15, 0.2) is 24.5 Å². The van der Waals surface area contributed by atoms with E-state index in [1.54, 1.807) is 18.5 Å². The van der Waals surface area contributed by atoms with Crippen molar-refractivity contribution in [3.05, 3.63) is 47.2 Å². The first-order chi connectivity index (χ1) is 12.7. The molecular weight excluding hydrogens is 331 g/mol. The van der Waals surface area contributed by atoms with E-state index < -0.39 is 0 Å². The third kappa shape index (κ3) is 3.26. The van der Waals surface area contributed by atoms with Crippen LogP contribution in [0, 0.1) is 5.82 Å². The van der Waals surface area contributed by atoms with Gasteiger partial charge < -0.3 is 9.64 Å². The van der Waals surface area contributed by atoms with E-state index in [0.717, 1.165) is 50.4 Å². The molecule has 1 unspecified atom stereocenters. The first-order valence-corrected chi connectivity index (χ1v) is 9.30. The van der Waals surface area contributed by atoms with E-state index in [2.05, 4.69) is 26.7 Å². The molecule has 1 saturated heterocycles. The largest absolute Gasteiger partial charge is 0.494 e. The van der Waals surface area contributed by atoms with Gasteiger partial charge in [-0.25, -0.2) is 14.4 Å². The quantitative estimate of drug-likeness (QED) is 0.843. The van der Waals surface area contributed by atoms with Crippen molar-refractivity contribution >= 4 is 5.82 Å². The predicted molar refractivity (Wildman–Crippen MR) is 99.1 cm³/mol. The summed E-state index contributed by atoms with van der Waals surface area (Å²) in [6.07, 6.45) is 5.05. The topological polar surface area (TPSA) is 41.5 Å². The monoisotopic (exact) mass is 356 g/mol. The summed E-state index contributed by atoms with van der Waals surface area (Å²) in [4.78, 5) is 13.8. The molecule has 1 fully saturated rings. The molecule has 4 rings (SSSR count). The Labute approximate surface area is 153 Å². The van der Waals surface area contributed by atoms with E-state index in [1.165, 1.54) is 24.8 Å². The molecule has 2 heterocycles. The van der Waals surface area contributed by atoms with Gasteiger partial charge in [0.25, 0.3) is 0 Å². The van der Waals surface area contributed by atoms with Crippen LogP contribution in [0.4, 0.5) is 10.2 Å². The number of aryl methyl sites for hydroxylation is 1. The number of ether oxygens (including phenoxy) is 1. The summed E-state index contributed by atoms with van der Waals surface area (Å²) < 4.78 is 18.9. The van der Waals surface area contributed by atoms with E-state index in [-0.39, 0.29) is 5.82 Å². The number of nitrogens with zero attached hydrogens (tertiary/aromatic N) is 4. The Balaban J connectivity index is 1.44.